The predicted octanol–water partition coefficient (Wildman–Crippen LogP) is 3.29. The van der Waals surface area contributed by atoms with Crippen molar-refractivity contribution in [3.63, 3.8) is 0 Å². The molecule has 1 aromatic heterocycles. The molecule has 3 heteroatoms. The third-order valence-electron chi connectivity index (χ3n) is 3.40. The molecule has 1 aromatic carbocycles. The molecular weight excluding hydrogens is 244 g/mol. The lowest BCUT2D eigenvalue weighted by atomic mass is 10.00. The number of fused-ring (bicyclic) bond motifs is 1. The quantitative estimate of drug-likeness (QED) is 0.769. The van der Waals surface area contributed by atoms with E-state index in [1.165, 1.54) is 16.7 Å². The van der Waals surface area contributed by atoms with E-state index in [9.17, 15) is 0 Å². The molecule has 0 N–H and O–H groups in total. The molecule has 0 bridgehead atoms. The van der Waals surface area contributed by atoms with E-state index in [1.807, 2.05) is 12.3 Å². The first kappa shape index (κ1) is 11.7. The van der Waals surface area contributed by atoms with Gasteiger partial charge in [-0.05, 0) is 29.2 Å². The van der Waals surface area contributed by atoms with E-state index in [2.05, 4.69) is 40.2 Å². The van der Waals surface area contributed by atoms with Crippen molar-refractivity contribution in [1.29, 1.82) is 0 Å². The van der Waals surface area contributed by atoms with Crippen LogP contribution in [0.25, 0.3) is 0 Å². The van der Waals surface area contributed by atoms with Crippen LogP contribution in [-0.2, 0) is 19.5 Å². The molecule has 1 aliphatic heterocycles. The third-order valence-corrected chi connectivity index (χ3v) is 3.63. The number of benzene rings is 1. The van der Waals surface area contributed by atoms with Gasteiger partial charge in [0.1, 0.15) is 5.15 Å². The first-order chi connectivity index (χ1) is 8.81. The molecule has 0 unspecified atom stereocenters. The van der Waals surface area contributed by atoms with Gasteiger partial charge in [-0.2, -0.15) is 0 Å². The second-order valence-electron chi connectivity index (χ2n) is 4.72. The second kappa shape index (κ2) is 5.09. The van der Waals surface area contributed by atoms with Gasteiger partial charge in [0.05, 0.1) is 0 Å². The number of hydrogen-bond acceptors (Lipinski definition) is 2. The van der Waals surface area contributed by atoms with Crippen LogP contribution in [0.2, 0.25) is 5.15 Å². The van der Waals surface area contributed by atoms with Crippen LogP contribution in [0.3, 0.4) is 0 Å². The Bertz CT molecular complexity index is 536. The predicted molar refractivity (Wildman–Crippen MR) is 73.5 cm³/mol. The fourth-order valence-corrected chi connectivity index (χ4v) is 2.56. The van der Waals surface area contributed by atoms with Crippen LogP contribution in [0, 0.1) is 0 Å². The highest BCUT2D eigenvalue weighted by Crippen LogP contribution is 2.20. The molecule has 2 heterocycles. The zero-order valence-corrected chi connectivity index (χ0v) is 10.9. The van der Waals surface area contributed by atoms with Crippen molar-refractivity contribution in [1.82, 2.24) is 9.88 Å². The summed E-state index contributed by atoms with van der Waals surface area (Å²) in [7, 11) is 0. The highest BCUT2D eigenvalue weighted by molar-refractivity contribution is 6.29. The Labute approximate surface area is 112 Å². The van der Waals surface area contributed by atoms with Crippen molar-refractivity contribution in [2.24, 2.45) is 0 Å². The molecule has 0 fully saturated rings. The van der Waals surface area contributed by atoms with Gasteiger partial charge in [0.2, 0.25) is 0 Å². The van der Waals surface area contributed by atoms with Crippen molar-refractivity contribution in [2.75, 3.05) is 6.54 Å². The number of aromatic nitrogens is 1. The maximum atomic E-state index is 5.80. The Morgan fingerprint density at radius 1 is 1.11 bits per heavy atom. The van der Waals surface area contributed by atoms with Gasteiger partial charge in [-0.1, -0.05) is 41.9 Å². The maximum Gasteiger partial charge on any atom is 0.129 e. The highest BCUT2D eigenvalue weighted by atomic mass is 35.5. The van der Waals surface area contributed by atoms with E-state index < -0.39 is 0 Å². The molecule has 0 atom stereocenters. The van der Waals surface area contributed by atoms with Crippen molar-refractivity contribution in [3.8, 4) is 0 Å². The molecule has 0 amide bonds. The van der Waals surface area contributed by atoms with Crippen LogP contribution >= 0.6 is 11.6 Å². The van der Waals surface area contributed by atoms with Crippen molar-refractivity contribution >= 4 is 11.6 Å². The van der Waals surface area contributed by atoms with Gasteiger partial charge in [-0.25, -0.2) is 4.98 Å². The summed E-state index contributed by atoms with van der Waals surface area (Å²) in [6.45, 7) is 3.08. The summed E-state index contributed by atoms with van der Waals surface area (Å²) in [6, 6.07) is 12.6. The summed E-state index contributed by atoms with van der Waals surface area (Å²) >= 11 is 5.80. The van der Waals surface area contributed by atoms with Crippen molar-refractivity contribution < 1.29 is 0 Å². The SMILES string of the molecule is Clc1ccc(CN2CCc3ccccc3C2)cn1. The molecule has 92 valence electrons. The lowest BCUT2D eigenvalue weighted by Gasteiger charge is -2.28. The minimum absolute atomic E-state index is 0.558. The molecule has 18 heavy (non-hydrogen) atoms. The molecular formula is C15H15ClN2. The van der Waals surface area contributed by atoms with Crippen LogP contribution in [0.5, 0.6) is 0 Å². The van der Waals surface area contributed by atoms with Gasteiger partial charge in [0.15, 0.2) is 0 Å². The number of halogens is 1. The molecule has 3 rings (SSSR count). The van der Waals surface area contributed by atoms with E-state index in [-0.39, 0.29) is 0 Å². The van der Waals surface area contributed by atoms with Gasteiger partial charge >= 0.3 is 0 Å². The monoisotopic (exact) mass is 258 g/mol. The average Bonchev–Trinajstić information content (AvgIpc) is 2.41. The Morgan fingerprint density at radius 2 is 1.94 bits per heavy atom. The number of pyridine rings is 1. The minimum atomic E-state index is 0.558. The summed E-state index contributed by atoms with van der Waals surface area (Å²) in [6.07, 6.45) is 3.00. The van der Waals surface area contributed by atoms with Gasteiger partial charge in [0, 0.05) is 25.8 Å². The maximum absolute atomic E-state index is 5.80. The lowest BCUT2D eigenvalue weighted by molar-refractivity contribution is 0.245. The van der Waals surface area contributed by atoms with E-state index in [0.29, 0.717) is 5.15 Å². The standard InChI is InChI=1S/C15H15ClN2/c16-15-6-5-12(9-17-15)10-18-8-7-13-3-1-2-4-14(13)11-18/h1-6,9H,7-8,10-11H2. The smallest absolute Gasteiger partial charge is 0.129 e. The first-order valence-corrected chi connectivity index (χ1v) is 6.58. The fraction of sp³-hybridized carbons (Fsp3) is 0.267. The molecule has 2 nitrogen and oxygen atoms in total. The average molecular weight is 259 g/mol. The van der Waals surface area contributed by atoms with Crippen LogP contribution < -0.4 is 0 Å². The highest BCUT2D eigenvalue weighted by Gasteiger charge is 2.15. The second-order valence-corrected chi connectivity index (χ2v) is 5.11. The largest absolute Gasteiger partial charge is 0.294 e. The van der Waals surface area contributed by atoms with Gasteiger partial charge in [-0.15, -0.1) is 0 Å². The Morgan fingerprint density at radius 3 is 2.72 bits per heavy atom. The van der Waals surface area contributed by atoms with Crippen LogP contribution in [0.4, 0.5) is 0 Å². The zero-order chi connectivity index (χ0) is 12.4. The van der Waals surface area contributed by atoms with Crippen molar-refractivity contribution in [3.05, 3.63) is 64.4 Å². The van der Waals surface area contributed by atoms with Gasteiger partial charge < -0.3 is 0 Å². The van der Waals surface area contributed by atoms with E-state index >= 15 is 0 Å². The van der Waals surface area contributed by atoms with Crippen LogP contribution in [-0.4, -0.2) is 16.4 Å². The van der Waals surface area contributed by atoms with E-state index in [1.54, 1.807) is 0 Å². The summed E-state index contributed by atoms with van der Waals surface area (Å²) in [5.74, 6) is 0. The molecule has 0 saturated heterocycles. The normalized spacial score (nSPS) is 15.4. The summed E-state index contributed by atoms with van der Waals surface area (Å²) < 4.78 is 0. The summed E-state index contributed by atoms with van der Waals surface area (Å²) in [5, 5.41) is 0.558. The van der Waals surface area contributed by atoms with Gasteiger partial charge in [0.25, 0.3) is 0 Å². The van der Waals surface area contributed by atoms with Gasteiger partial charge in [-0.3, -0.25) is 4.90 Å². The molecule has 1 aliphatic rings. The van der Waals surface area contributed by atoms with Crippen LogP contribution in [0.1, 0.15) is 16.7 Å². The van der Waals surface area contributed by atoms with Crippen LogP contribution in [0.15, 0.2) is 42.6 Å². The van der Waals surface area contributed by atoms with E-state index in [4.69, 9.17) is 11.6 Å². The Hall–Kier alpha value is -1.38. The van der Waals surface area contributed by atoms with E-state index in [0.717, 1.165) is 26.1 Å². The first-order valence-electron chi connectivity index (χ1n) is 6.21. The fourth-order valence-electron chi connectivity index (χ4n) is 2.45. The Kier molecular flexibility index (Phi) is 3.31. The molecule has 0 radical (unpaired) electrons. The zero-order valence-electron chi connectivity index (χ0n) is 10.1. The lowest BCUT2D eigenvalue weighted by Crippen LogP contribution is -2.29. The summed E-state index contributed by atoms with van der Waals surface area (Å²) in [4.78, 5) is 6.58. The third kappa shape index (κ3) is 2.55. The molecule has 0 spiro atoms. The molecule has 2 aromatic rings. The minimum Gasteiger partial charge on any atom is -0.294 e. The Balaban J connectivity index is 1.71. The summed E-state index contributed by atoms with van der Waals surface area (Å²) in [5.41, 5.74) is 4.16. The topological polar surface area (TPSA) is 16.1 Å². The number of nitrogens with zero attached hydrogens (tertiary/aromatic N) is 2. The molecule has 0 saturated carbocycles. The number of hydrogen-bond donors (Lipinski definition) is 0. The van der Waals surface area contributed by atoms with Crippen molar-refractivity contribution in [2.45, 2.75) is 19.5 Å². The number of rotatable bonds is 2. The molecule has 0 aliphatic carbocycles.